The lowest BCUT2D eigenvalue weighted by atomic mass is 9.80. The smallest absolute Gasteiger partial charge is 0.344 e. The summed E-state index contributed by atoms with van der Waals surface area (Å²) in [6.45, 7) is 3.79. The van der Waals surface area contributed by atoms with Crippen LogP contribution < -0.4 is 5.69 Å². The minimum Gasteiger partial charge on any atom is -0.481 e. The Morgan fingerprint density at radius 2 is 2.14 bits per heavy atom. The quantitative estimate of drug-likeness (QED) is 0.706. The summed E-state index contributed by atoms with van der Waals surface area (Å²) in [6, 6.07) is -0.00357. The lowest BCUT2D eigenvalue weighted by molar-refractivity contribution is -0.144. The summed E-state index contributed by atoms with van der Waals surface area (Å²) in [6.07, 6.45) is 1.91. The minimum atomic E-state index is -0.882. The molecule has 1 aliphatic carbocycles. The highest BCUT2D eigenvalue weighted by Gasteiger charge is 2.36. The van der Waals surface area contributed by atoms with Gasteiger partial charge in [0, 0.05) is 11.8 Å². The van der Waals surface area contributed by atoms with Crippen molar-refractivity contribution in [1.29, 1.82) is 0 Å². The van der Waals surface area contributed by atoms with Crippen LogP contribution in [0, 0.1) is 5.92 Å². The molecular formula is C13H21N3O4S. The molecule has 0 bridgehead atoms. The Labute approximate surface area is 126 Å². The van der Waals surface area contributed by atoms with E-state index in [1.807, 2.05) is 13.8 Å². The molecule has 1 aliphatic rings. The van der Waals surface area contributed by atoms with Gasteiger partial charge >= 0.3 is 11.7 Å². The van der Waals surface area contributed by atoms with E-state index in [2.05, 4.69) is 10.2 Å². The Hall–Kier alpha value is -1.28. The minimum absolute atomic E-state index is 0.00357. The highest BCUT2D eigenvalue weighted by molar-refractivity contribution is 7.99. The van der Waals surface area contributed by atoms with Crippen molar-refractivity contribution in [2.75, 3.05) is 5.75 Å². The first-order valence-electron chi connectivity index (χ1n) is 7.07. The van der Waals surface area contributed by atoms with Crippen LogP contribution in [0.2, 0.25) is 0 Å². The van der Waals surface area contributed by atoms with Crippen LogP contribution in [0.3, 0.4) is 0 Å². The molecule has 3 N–H and O–H groups in total. The molecule has 0 aliphatic heterocycles. The molecule has 0 radical (unpaired) electrons. The molecule has 0 atom stereocenters. The third-order valence-electron chi connectivity index (χ3n) is 3.92. The van der Waals surface area contributed by atoms with Crippen LogP contribution in [0.5, 0.6) is 0 Å². The largest absolute Gasteiger partial charge is 0.481 e. The van der Waals surface area contributed by atoms with E-state index >= 15 is 0 Å². The van der Waals surface area contributed by atoms with Crippen LogP contribution in [0.1, 0.15) is 45.6 Å². The van der Waals surface area contributed by atoms with Gasteiger partial charge in [0.15, 0.2) is 5.16 Å². The SMILES string of the molecule is CC(C)n1c(SCC2(O)CCC(C(=O)O)CC2)n[nH]c1=O. The zero-order chi connectivity index (χ0) is 15.6. The van der Waals surface area contributed by atoms with Gasteiger partial charge in [-0.05, 0) is 39.5 Å². The first kappa shape index (κ1) is 16.1. The highest BCUT2D eigenvalue weighted by Crippen LogP contribution is 2.35. The van der Waals surface area contributed by atoms with E-state index in [0.717, 1.165) is 0 Å². The van der Waals surface area contributed by atoms with Crippen molar-refractivity contribution in [3.05, 3.63) is 10.5 Å². The number of carboxylic acids is 1. The summed E-state index contributed by atoms with van der Waals surface area (Å²) in [5.74, 6) is -0.726. The molecule has 8 heteroatoms. The van der Waals surface area contributed by atoms with E-state index in [1.165, 1.54) is 11.8 Å². The van der Waals surface area contributed by atoms with Crippen LogP contribution in [0.4, 0.5) is 0 Å². The highest BCUT2D eigenvalue weighted by atomic mass is 32.2. The van der Waals surface area contributed by atoms with Gasteiger partial charge in [0.1, 0.15) is 0 Å². The molecule has 1 fully saturated rings. The van der Waals surface area contributed by atoms with Crippen molar-refractivity contribution in [2.45, 2.75) is 56.3 Å². The van der Waals surface area contributed by atoms with Crippen molar-refractivity contribution < 1.29 is 15.0 Å². The van der Waals surface area contributed by atoms with Crippen molar-refractivity contribution in [3.63, 3.8) is 0 Å². The second-order valence-corrected chi connectivity index (χ2v) is 6.84. The normalized spacial score (nSPS) is 26.2. The molecule has 7 nitrogen and oxygen atoms in total. The van der Waals surface area contributed by atoms with E-state index in [4.69, 9.17) is 5.11 Å². The number of carboxylic acid groups (broad SMARTS) is 1. The van der Waals surface area contributed by atoms with E-state index in [0.29, 0.717) is 36.6 Å². The zero-order valence-corrected chi connectivity index (χ0v) is 13.0. The van der Waals surface area contributed by atoms with Crippen molar-refractivity contribution in [1.82, 2.24) is 14.8 Å². The van der Waals surface area contributed by atoms with Gasteiger partial charge in [-0.15, -0.1) is 5.10 Å². The van der Waals surface area contributed by atoms with E-state index in [9.17, 15) is 14.7 Å². The van der Waals surface area contributed by atoms with Crippen molar-refractivity contribution >= 4 is 17.7 Å². The molecule has 0 aromatic carbocycles. The number of aliphatic carboxylic acids is 1. The van der Waals surface area contributed by atoms with Crippen LogP contribution in [0.25, 0.3) is 0 Å². The fourth-order valence-corrected chi connectivity index (χ4v) is 3.82. The Balaban J connectivity index is 1.97. The number of hydrogen-bond donors (Lipinski definition) is 3. The maximum atomic E-state index is 11.6. The number of rotatable bonds is 5. The van der Waals surface area contributed by atoms with Gasteiger partial charge in [0.2, 0.25) is 0 Å². The molecule has 0 spiro atoms. The molecule has 21 heavy (non-hydrogen) atoms. The van der Waals surface area contributed by atoms with Gasteiger partial charge in [-0.1, -0.05) is 11.8 Å². The van der Waals surface area contributed by atoms with Crippen LogP contribution in [-0.4, -0.2) is 42.3 Å². The number of hydrogen-bond acceptors (Lipinski definition) is 5. The predicted molar refractivity (Wildman–Crippen MR) is 78.5 cm³/mol. The predicted octanol–water partition coefficient (Wildman–Crippen LogP) is 1.25. The van der Waals surface area contributed by atoms with Gasteiger partial charge in [-0.3, -0.25) is 9.36 Å². The average Bonchev–Trinajstić information content (AvgIpc) is 2.78. The number of H-pyrrole nitrogens is 1. The number of nitrogens with one attached hydrogen (secondary N) is 1. The molecule has 118 valence electrons. The zero-order valence-electron chi connectivity index (χ0n) is 12.2. The molecule has 0 saturated heterocycles. The maximum absolute atomic E-state index is 11.6. The van der Waals surface area contributed by atoms with Crippen molar-refractivity contribution in [2.24, 2.45) is 5.92 Å². The summed E-state index contributed by atoms with van der Waals surface area (Å²) in [5.41, 5.74) is -1.14. The second-order valence-electron chi connectivity index (χ2n) is 5.90. The van der Waals surface area contributed by atoms with E-state index in [1.54, 1.807) is 4.57 Å². The number of aromatic amines is 1. The fraction of sp³-hybridized carbons (Fsp3) is 0.769. The summed E-state index contributed by atoms with van der Waals surface area (Å²) in [4.78, 5) is 22.6. The molecule has 1 saturated carbocycles. The molecule has 1 aromatic rings. The lowest BCUT2D eigenvalue weighted by Gasteiger charge is -2.34. The number of aliphatic hydroxyl groups is 1. The van der Waals surface area contributed by atoms with Crippen LogP contribution in [0.15, 0.2) is 9.95 Å². The third-order valence-corrected chi connectivity index (χ3v) is 5.15. The summed E-state index contributed by atoms with van der Waals surface area (Å²) in [5, 5.41) is 26.5. The number of aromatic nitrogens is 3. The Morgan fingerprint density at radius 3 is 2.67 bits per heavy atom. The molecular weight excluding hydrogens is 294 g/mol. The molecule has 1 heterocycles. The Bertz CT molecular complexity index is 558. The van der Waals surface area contributed by atoms with Crippen LogP contribution in [-0.2, 0) is 4.79 Å². The third kappa shape index (κ3) is 3.68. The average molecular weight is 315 g/mol. The molecule has 0 unspecified atom stereocenters. The molecule has 2 rings (SSSR count). The number of nitrogens with zero attached hydrogens (tertiary/aromatic N) is 2. The van der Waals surface area contributed by atoms with Crippen LogP contribution >= 0.6 is 11.8 Å². The lowest BCUT2D eigenvalue weighted by Crippen LogP contribution is -2.38. The van der Waals surface area contributed by atoms with Gasteiger partial charge in [-0.25, -0.2) is 9.89 Å². The maximum Gasteiger partial charge on any atom is 0.344 e. The van der Waals surface area contributed by atoms with E-state index in [-0.39, 0.29) is 17.6 Å². The van der Waals surface area contributed by atoms with Gasteiger partial charge in [0.25, 0.3) is 0 Å². The summed E-state index contributed by atoms with van der Waals surface area (Å²) < 4.78 is 1.55. The standard InChI is InChI=1S/C13H21N3O4S/c1-8(2)16-11(19)14-15-12(16)21-7-13(20)5-3-9(4-6-13)10(17)18/h8-9,20H,3-7H2,1-2H3,(H,14,19)(H,17,18). The molecule has 1 aromatic heterocycles. The van der Waals surface area contributed by atoms with Gasteiger partial charge in [-0.2, -0.15) is 0 Å². The number of thioether (sulfide) groups is 1. The number of carbonyl (C=O) groups is 1. The fourth-order valence-electron chi connectivity index (χ4n) is 2.59. The summed E-state index contributed by atoms with van der Waals surface area (Å²) >= 11 is 1.33. The second kappa shape index (κ2) is 6.23. The topological polar surface area (TPSA) is 108 Å². The van der Waals surface area contributed by atoms with Crippen molar-refractivity contribution in [3.8, 4) is 0 Å². The summed E-state index contributed by atoms with van der Waals surface area (Å²) in [7, 11) is 0. The van der Waals surface area contributed by atoms with Gasteiger partial charge < -0.3 is 10.2 Å². The Morgan fingerprint density at radius 1 is 1.52 bits per heavy atom. The first-order chi connectivity index (χ1) is 9.82. The Kier molecular flexibility index (Phi) is 4.77. The van der Waals surface area contributed by atoms with E-state index < -0.39 is 11.6 Å². The monoisotopic (exact) mass is 315 g/mol. The van der Waals surface area contributed by atoms with Gasteiger partial charge in [0.05, 0.1) is 11.5 Å². The molecule has 0 amide bonds. The first-order valence-corrected chi connectivity index (χ1v) is 8.06.